The van der Waals surface area contributed by atoms with Crippen molar-refractivity contribution in [3.63, 3.8) is 0 Å². The second-order valence-electron chi connectivity index (χ2n) is 6.15. The van der Waals surface area contributed by atoms with E-state index < -0.39 is 5.92 Å². The number of ether oxygens (including phenoxy) is 1. The monoisotopic (exact) mass is 305 g/mol. The fourth-order valence-corrected chi connectivity index (χ4v) is 3.16. The number of likely N-dealkylation sites (tertiary alicyclic amines) is 1. The molecule has 122 valence electrons. The second kappa shape index (κ2) is 8.30. The molecule has 3 atom stereocenters. The number of benzene rings is 1. The van der Waals surface area contributed by atoms with Gasteiger partial charge in [0.25, 0.3) is 0 Å². The Labute approximate surface area is 133 Å². The van der Waals surface area contributed by atoms with Crippen molar-refractivity contribution in [2.75, 3.05) is 20.2 Å². The van der Waals surface area contributed by atoms with E-state index in [0.717, 1.165) is 37.8 Å². The maximum absolute atomic E-state index is 12.4. The zero-order valence-electron chi connectivity index (χ0n) is 13.6. The van der Waals surface area contributed by atoms with E-state index in [1.54, 1.807) is 0 Å². The molecule has 1 aliphatic rings. The first-order valence-electron chi connectivity index (χ1n) is 8.22. The van der Waals surface area contributed by atoms with Gasteiger partial charge in [-0.25, -0.2) is 0 Å². The van der Waals surface area contributed by atoms with Gasteiger partial charge in [-0.3, -0.25) is 4.79 Å². The summed E-state index contributed by atoms with van der Waals surface area (Å²) in [7, 11) is 2.14. The highest BCUT2D eigenvalue weighted by Crippen LogP contribution is 2.24. The highest BCUT2D eigenvalue weighted by atomic mass is 16.5. The number of hydrogen-bond acceptors (Lipinski definition) is 4. The fraction of sp³-hybridized carbons (Fsp3) is 0.611. The molecule has 0 aliphatic carbocycles. The molecule has 1 heterocycles. The van der Waals surface area contributed by atoms with E-state index in [0.29, 0.717) is 6.04 Å². The summed E-state index contributed by atoms with van der Waals surface area (Å²) < 4.78 is 5.70. The molecule has 4 heteroatoms. The van der Waals surface area contributed by atoms with E-state index in [-0.39, 0.29) is 18.7 Å². The number of esters is 1. The number of aliphatic hydroxyl groups is 1. The van der Waals surface area contributed by atoms with Crippen LogP contribution < -0.4 is 0 Å². The van der Waals surface area contributed by atoms with Crippen LogP contribution in [0.2, 0.25) is 0 Å². The van der Waals surface area contributed by atoms with Crippen LogP contribution in [0.25, 0.3) is 0 Å². The van der Waals surface area contributed by atoms with Gasteiger partial charge in [0.2, 0.25) is 0 Å². The first-order valence-corrected chi connectivity index (χ1v) is 8.22. The standard InChI is InChI=1S/C18H27NO3/c1-3-7-15-12-16(10-11-19(15)2)22-18(21)17(13-20)14-8-5-4-6-9-14/h4-6,8-9,15-17,20H,3,7,10-13H2,1-2H3/t15-,16-,17?/m0/s1. The van der Waals surface area contributed by atoms with E-state index in [1.165, 1.54) is 0 Å². The SMILES string of the molecule is CCC[C@H]1C[C@@H](OC(=O)C(CO)c2ccccc2)CCN1C. The van der Waals surface area contributed by atoms with Crippen molar-refractivity contribution in [1.82, 2.24) is 4.90 Å². The summed E-state index contributed by atoms with van der Waals surface area (Å²) in [6.45, 7) is 2.92. The molecular weight excluding hydrogens is 278 g/mol. The van der Waals surface area contributed by atoms with Gasteiger partial charge in [0.1, 0.15) is 12.0 Å². The number of hydrogen-bond donors (Lipinski definition) is 1. The summed E-state index contributed by atoms with van der Waals surface area (Å²) in [4.78, 5) is 14.7. The minimum absolute atomic E-state index is 0.0296. The second-order valence-corrected chi connectivity index (χ2v) is 6.15. The van der Waals surface area contributed by atoms with Gasteiger partial charge >= 0.3 is 5.97 Å². The predicted molar refractivity (Wildman–Crippen MR) is 86.7 cm³/mol. The lowest BCUT2D eigenvalue weighted by atomic mass is 9.96. The van der Waals surface area contributed by atoms with Crippen molar-refractivity contribution >= 4 is 5.97 Å². The lowest BCUT2D eigenvalue weighted by molar-refractivity contribution is -0.155. The summed E-state index contributed by atoms with van der Waals surface area (Å²) in [6.07, 6.45) is 4.00. The number of carbonyl (C=O) groups is 1. The summed E-state index contributed by atoms with van der Waals surface area (Å²) in [5, 5.41) is 9.55. The lowest BCUT2D eigenvalue weighted by Crippen LogP contribution is -2.43. The zero-order chi connectivity index (χ0) is 15.9. The van der Waals surface area contributed by atoms with Crippen LogP contribution in [0.3, 0.4) is 0 Å². The topological polar surface area (TPSA) is 49.8 Å². The fourth-order valence-electron chi connectivity index (χ4n) is 3.16. The summed E-state index contributed by atoms with van der Waals surface area (Å²) in [5.74, 6) is -0.885. The van der Waals surface area contributed by atoms with Crippen LogP contribution in [0.15, 0.2) is 30.3 Å². The molecule has 22 heavy (non-hydrogen) atoms. The largest absolute Gasteiger partial charge is 0.462 e. The van der Waals surface area contributed by atoms with Crippen molar-refractivity contribution in [3.05, 3.63) is 35.9 Å². The highest BCUT2D eigenvalue weighted by Gasteiger charge is 2.30. The molecular formula is C18H27NO3. The van der Waals surface area contributed by atoms with Gasteiger partial charge in [0.15, 0.2) is 0 Å². The van der Waals surface area contributed by atoms with Crippen molar-refractivity contribution in [1.29, 1.82) is 0 Å². The van der Waals surface area contributed by atoms with Gasteiger partial charge < -0.3 is 14.7 Å². The van der Waals surface area contributed by atoms with E-state index in [2.05, 4.69) is 18.9 Å². The lowest BCUT2D eigenvalue weighted by Gasteiger charge is -2.37. The van der Waals surface area contributed by atoms with Gasteiger partial charge in [-0.15, -0.1) is 0 Å². The molecule has 0 saturated carbocycles. The smallest absolute Gasteiger partial charge is 0.316 e. The normalized spacial score (nSPS) is 24.0. The average Bonchev–Trinajstić information content (AvgIpc) is 2.52. The Bertz CT molecular complexity index is 463. The Kier molecular flexibility index (Phi) is 6.40. The van der Waals surface area contributed by atoms with E-state index in [9.17, 15) is 9.90 Å². The third kappa shape index (κ3) is 4.31. The van der Waals surface area contributed by atoms with Crippen molar-refractivity contribution in [2.45, 2.75) is 50.7 Å². The first-order chi connectivity index (χ1) is 10.7. The summed E-state index contributed by atoms with van der Waals surface area (Å²) in [5.41, 5.74) is 0.813. The first kappa shape index (κ1) is 17.0. The van der Waals surface area contributed by atoms with Gasteiger partial charge in [-0.1, -0.05) is 43.7 Å². The molecule has 0 spiro atoms. The number of rotatable bonds is 6. The zero-order valence-corrected chi connectivity index (χ0v) is 13.6. The molecule has 1 unspecified atom stereocenters. The molecule has 0 radical (unpaired) electrons. The van der Waals surface area contributed by atoms with Gasteiger partial charge in [0, 0.05) is 12.6 Å². The summed E-state index contributed by atoms with van der Waals surface area (Å²) >= 11 is 0. The Balaban J connectivity index is 1.95. The third-order valence-electron chi connectivity index (χ3n) is 4.54. The maximum atomic E-state index is 12.4. The van der Waals surface area contributed by atoms with Gasteiger partial charge in [-0.2, -0.15) is 0 Å². The van der Waals surface area contributed by atoms with Crippen LogP contribution in [-0.2, 0) is 9.53 Å². The summed E-state index contributed by atoms with van der Waals surface area (Å²) in [6, 6.07) is 9.85. The van der Waals surface area contributed by atoms with Crippen LogP contribution in [0.4, 0.5) is 0 Å². The maximum Gasteiger partial charge on any atom is 0.316 e. The number of aliphatic hydroxyl groups excluding tert-OH is 1. The molecule has 2 rings (SSSR count). The van der Waals surface area contributed by atoms with E-state index in [1.807, 2.05) is 30.3 Å². The number of nitrogens with zero attached hydrogens (tertiary/aromatic N) is 1. The Morgan fingerprint density at radius 1 is 1.41 bits per heavy atom. The highest BCUT2D eigenvalue weighted by molar-refractivity contribution is 5.78. The number of piperidine rings is 1. The molecule has 1 aromatic rings. The number of carbonyl (C=O) groups excluding carboxylic acids is 1. The molecule has 0 bridgehead atoms. The minimum Gasteiger partial charge on any atom is -0.462 e. The quantitative estimate of drug-likeness (QED) is 0.821. The van der Waals surface area contributed by atoms with Gasteiger partial charge in [0.05, 0.1) is 6.61 Å². The molecule has 0 amide bonds. The van der Waals surface area contributed by atoms with Crippen LogP contribution in [-0.4, -0.2) is 48.3 Å². The average molecular weight is 305 g/mol. The molecule has 1 N–H and O–H groups in total. The molecule has 1 aliphatic heterocycles. The van der Waals surface area contributed by atoms with Crippen LogP contribution >= 0.6 is 0 Å². The van der Waals surface area contributed by atoms with Crippen LogP contribution in [0.1, 0.15) is 44.1 Å². The van der Waals surface area contributed by atoms with Crippen molar-refractivity contribution in [2.24, 2.45) is 0 Å². The van der Waals surface area contributed by atoms with Crippen LogP contribution in [0.5, 0.6) is 0 Å². The molecule has 4 nitrogen and oxygen atoms in total. The Morgan fingerprint density at radius 3 is 2.77 bits per heavy atom. The Morgan fingerprint density at radius 2 is 2.14 bits per heavy atom. The molecule has 1 fully saturated rings. The van der Waals surface area contributed by atoms with Crippen molar-refractivity contribution < 1.29 is 14.6 Å². The van der Waals surface area contributed by atoms with E-state index >= 15 is 0 Å². The third-order valence-corrected chi connectivity index (χ3v) is 4.54. The molecule has 1 aromatic carbocycles. The predicted octanol–water partition coefficient (Wildman–Crippen LogP) is 2.57. The minimum atomic E-state index is -0.578. The molecule has 0 aromatic heterocycles. The Hall–Kier alpha value is -1.39. The van der Waals surface area contributed by atoms with Gasteiger partial charge in [-0.05, 0) is 31.9 Å². The van der Waals surface area contributed by atoms with E-state index in [4.69, 9.17) is 4.74 Å². The van der Waals surface area contributed by atoms with Crippen molar-refractivity contribution in [3.8, 4) is 0 Å². The van der Waals surface area contributed by atoms with Crippen LogP contribution in [0, 0.1) is 0 Å². The molecule has 1 saturated heterocycles.